The molecule has 6 nitrogen and oxygen atoms in total. The van der Waals surface area contributed by atoms with Crippen molar-refractivity contribution in [1.82, 2.24) is 0 Å². The number of rotatable bonds is 1. The lowest BCUT2D eigenvalue weighted by Gasteiger charge is -2.26. The van der Waals surface area contributed by atoms with E-state index in [9.17, 15) is 4.79 Å². The zero-order valence-electron chi connectivity index (χ0n) is 5.91. The van der Waals surface area contributed by atoms with E-state index >= 15 is 0 Å². The largest absolute Gasteiger partial charge is 0.475 e. The summed E-state index contributed by atoms with van der Waals surface area (Å²) in [5, 5.41) is 35.0. The molecule has 0 spiro atoms. The molecule has 0 unspecified atom stereocenters. The van der Waals surface area contributed by atoms with Crippen molar-refractivity contribution in [2.45, 2.75) is 18.5 Å². The number of hydrogen-bond donors (Lipinski definition) is 4. The highest BCUT2D eigenvalue weighted by molar-refractivity contribution is 5.84. The maximum Gasteiger partial charge on any atom is 0.371 e. The summed E-state index contributed by atoms with van der Waals surface area (Å²) in [7, 11) is 0. The molecule has 0 saturated heterocycles. The summed E-state index contributed by atoms with van der Waals surface area (Å²) < 4.78 is 4.34. The van der Waals surface area contributed by atoms with Crippen LogP contribution in [0, 0.1) is 0 Å². The summed E-state index contributed by atoms with van der Waals surface area (Å²) in [5.41, 5.74) is 0. The number of aliphatic hydroxyl groups is 3. The summed E-state index contributed by atoms with van der Waals surface area (Å²) in [5.74, 6) is -1.97. The number of ether oxygens (including phenoxy) is 1. The van der Waals surface area contributed by atoms with Crippen LogP contribution in [0.4, 0.5) is 0 Å². The topological polar surface area (TPSA) is 107 Å². The van der Waals surface area contributed by atoms with Crippen molar-refractivity contribution in [3.8, 4) is 0 Å². The Morgan fingerprint density at radius 1 is 1.42 bits per heavy atom. The molecule has 4 N–H and O–H groups in total. The number of carboxylic acids is 1. The first kappa shape index (κ1) is 8.98. The average Bonchev–Trinajstić information content (AvgIpc) is 1.99. The maximum absolute atomic E-state index is 10.3. The van der Waals surface area contributed by atoms with Crippen molar-refractivity contribution in [1.29, 1.82) is 0 Å². The Morgan fingerprint density at radius 3 is 2.42 bits per heavy atom. The second-order valence-electron chi connectivity index (χ2n) is 2.33. The number of carbonyl (C=O) groups is 1. The van der Waals surface area contributed by atoms with Gasteiger partial charge in [-0.3, -0.25) is 0 Å². The van der Waals surface area contributed by atoms with E-state index in [0.717, 1.165) is 6.08 Å². The third-order valence-corrected chi connectivity index (χ3v) is 1.42. The Balaban J connectivity index is 2.81. The van der Waals surface area contributed by atoms with Crippen LogP contribution >= 0.6 is 0 Å². The maximum atomic E-state index is 10.3. The van der Waals surface area contributed by atoms with E-state index in [1.54, 1.807) is 0 Å². The van der Waals surface area contributed by atoms with Gasteiger partial charge >= 0.3 is 5.97 Å². The SMILES string of the molecule is O=C(O)C1=C[C@@H](O)[C@H](O)[C@@H](O)O1. The number of carboxylic acid groups (broad SMARTS) is 1. The van der Waals surface area contributed by atoms with Gasteiger partial charge in [0.15, 0.2) is 0 Å². The second-order valence-corrected chi connectivity index (χ2v) is 2.33. The molecular formula is C6H8O6. The smallest absolute Gasteiger partial charge is 0.371 e. The molecule has 0 aromatic rings. The molecule has 0 bridgehead atoms. The van der Waals surface area contributed by atoms with Crippen LogP contribution in [0.3, 0.4) is 0 Å². The Labute approximate surface area is 67.3 Å². The van der Waals surface area contributed by atoms with Crippen LogP contribution in [0.25, 0.3) is 0 Å². The first-order chi connectivity index (χ1) is 5.52. The van der Waals surface area contributed by atoms with Gasteiger partial charge in [0.2, 0.25) is 12.0 Å². The van der Waals surface area contributed by atoms with Crippen LogP contribution in [0.15, 0.2) is 11.8 Å². The third kappa shape index (κ3) is 1.55. The monoisotopic (exact) mass is 176 g/mol. The van der Waals surface area contributed by atoms with Crippen molar-refractivity contribution in [3.05, 3.63) is 11.8 Å². The minimum atomic E-state index is -1.70. The Morgan fingerprint density at radius 2 is 2.00 bits per heavy atom. The fourth-order valence-corrected chi connectivity index (χ4v) is 0.783. The molecule has 0 aromatic heterocycles. The van der Waals surface area contributed by atoms with E-state index < -0.39 is 30.2 Å². The fraction of sp³-hybridized carbons (Fsp3) is 0.500. The lowest BCUT2D eigenvalue weighted by atomic mass is 10.1. The molecule has 1 heterocycles. The van der Waals surface area contributed by atoms with Crippen molar-refractivity contribution in [2.24, 2.45) is 0 Å². The van der Waals surface area contributed by atoms with E-state index in [2.05, 4.69) is 4.74 Å². The van der Waals surface area contributed by atoms with E-state index in [-0.39, 0.29) is 0 Å². The minimum absolute atomic E-state index is 0.569. The average molecular weight is 176 g/mol. The van der Waals surface area contributed by atoms with Crippen LogP contribution in [0.1, 0.15) is 0 Å². The normalized spacial score (nSPS) is 35.2. The van der Waals surface area contributed by atoms with Crippen molar-refractivity contribution in [2.75, 3.05) is 0 Å². The molecule has 0 fully saturated rings. The van der Waals surface area contributed by atoms with Crippen LogP contribution < -0.4 is 0 Å². The number of aliphatic hydroxyl groups excluding tert-OH is 3. The highest BCUT2D eigenvalue weighted by atomic mass is 16.6. The van der Waals surface area contributed by atoms with Gasteiger partial charge in [0.25, 0.3) is 0 Å². The first-order valence-corrected chi connectivity index (χ1v) is 3.18. The zero-order chi connectivity index (χ0) is 9.30. The third-order valence-electron chi connectivity index (χ3n) is 1.42. The van der Waals surface area contributed by atoms with Gasteiger partial charge in [-0.2, -0.15) is 0 Å². The minimum Gasteiger partial charge on any atom is -0.475 e. The zero-order valence-corrected chi connectivity index (χ0v) is 5.91. The van der Waals surface area contributed by atoms with Gasteiger partial charge in [-0.1, -0.05) is 0 Å². The summed E-state index contributed by atoms with van der Waals surface area (Å²) in [4.78, 5) is 10.3. The van der Waals surface area contributed by atoms with Crippen molar-refractivity contribution >= 4 is 5.97 Å². The van der Waals surface area contributed by atoms with E-state index in [4.69, 9.17) is 20.4 Å². The number of aliphatic carboxylic acids is 1. The molecule has 1 aliphatic rings. The summed E-state index contributed by atoms with van der Waals surface area (Å²) in [6.07, 6.45) is -3.80. The van der Waals surface area contributed by atoms with Crippen LogP contribution in [0.5, 0.6) is 0 Å². The molecular weight excluding hydrogens is 168 g/mol. The standard InChI is InChI=1S/C6H8O6/c7-2-1-3(5(9)10)12-6(11)4(2)8/h1-2,4,6-8,11H,(H,9,10)/t2-,4+,6+/m1/s1. The molecule has 3 atom stereocenters. The highest BCUT2D eigenvalue weighted by Gasteiger charge is 2.32. The number of hydrogen-bond acceptors (Lipinski definition) is 5. The van der Waals surface area contributed by atoms with Crippen molar-refractivity contribution in [3.63, 3.8) is 0 Å². The summed E-state index contributed by atoms with van der Waals surface area (Å²) in [6, 6.07) is 0. The van der Waals surface area contributed by atoms with Gasteiger partial charge < -0.3 is 25.2 Å². The van der Waals surface area contributed by atoms with E-state index in [1.807, 2.05) is 0 Å². The van der Waals surface area contributed by atoms with Gasteiger partial charge in [-0.15, -0.1) is 0 Å². The molecule has 68 valence electrons. The molecule has 0 saturated carbocycles. The van der Waals surface area contributed by atoms with Gasteiger partial charge in [0.05, 0.1) is 0 Å². The van der Waals surface area contributed by atoms with Crippen molar-refractivity contribution < 1.29 is 30.0 Å². The van der Waals surface area contributed by atoms with Crippen LogP contribution in [-0.2, 0) is 9.53 Å². The Hall–Kier alpha value is -1.11. The fourth-order valence-electron chi connectivity index (χ4n) is 0.783. The van der Waals surface area contributed by atoms with Crippen LogP contribution in [0.2, 0.25) is 0 Å². The second kappa shape index (κ2) is 3.10. The molecule has 0 amide bonds. The Bertz CT molecular complexity index is 222. The van der Waals surface area contributed by atoms with Gasteiger partial charge in [0, 0.05) is 0 Å². The first-order valence-electron chi connectivity index (χ1n) is 3.18. The molecule has 0 aliphatic carbocycles. The van der Waals surface area contributed by atoms with E-state index in [1.165, 1.54) is 0 Å². The quantitative estimate of drug-likeness (QED) is 0.369. The van der Waals surface area contributed by atoms with Gasteiger partial charge in [-0.25, -0.2) is 4.79 Å². The molecule has 0 aromatic carbocycles. The molecule has 1 aliphatic heterocycles. The summed E-state index contributed by atoms with van der Waals surface area (Å²) >= 11 is 0. The molecule has 1 rings (SSSR count). The van der Waals surface area contributed by atoms with Gasteiger partial charge in [-0.05, 0) is 6.08 Å². The highest BCUT2D eigenvalue weighted by Crippen LogP contribution is 2.16. The summed E-state index contributed by atoms with van der Waals surface area (Å²) in [6.45, 7) is 0. The predicted molar refractivity (Wildman–Crippen MR) is 34.8 cm³/mol. The Kier molecular flexibility index (Phi) is 2.32. The molecule has 12 heavy (non-hydrogen) atoms. The van der Waals surface area contributed by atoms with Gasteiger partial charge in [0.1, 0.15) is 12.2 Å². The van der Waals surface area contributed by atoms with Crippen LogP contribution in [-0.4, -0.2) is 44.9 Å². The molecule has 6 heteroatoms. The lowest BCUT2D eigenvalue weighted by molar-refractivity contribution is -0.183. The van der Waals surface area contributed by atoms with E-state index in [0.29, 0.717) is 0 Å². The predicted octanol–water partition coefficient (Wildman–Crippen LogP) is -1.97. The lowest BCUT2D eigenvalue weighted by Crippen LogP contribution is -2.42. The molecule has 0 radical (unpaired) electrons.